The van der Waals surface area contributed by atoms with Crippen molar-refractivity contribution in [1.82, 2.24) is 0 Å². The van der Waals surface area contributed by atoms with Gasteiger partial charge in [-0.3, -0.25) is 0 Å². The van der Waals surface area contributed by atoms with Gasteiger partial charge >= 0.3 is 5.97 Å². The first-order chi connectivity index (χ1) is 9.72. The lowest BCUT2D eigenvalue weighted by atomic mass is 10.1. The summed E-state index contributed by atoms with van der Waals surface area (Å²) < 4.78 is 10.0. The highest BCUT2D eigenvalue weighted by molar-refractivity contribution is 5.98. The Morgan fingerprint density at radius 2 is 2.10 bits per heavy atom. The molecule has 0 aliphatic rings. The van der Waals surface area contributed by atoms with Gasteiger partial charge in [0.2, 0.25) is 0 Å². The summed E-state index contributed by atoms with van der Waals surface area (Å²) in [5, 5.41) is 17.5. The average Bonchev–Trinajstić information content (AvgIpc) is 2.49. The van der Waals surface area contributed by atoms with Gasteiger partial charge < -0.3 is 9.47 Å². The Morgan fingerprint density at radius 3 is 2.75 bits per heavy atom. The number of nitriles is 2. The van der Waals surface area contributed by atoms with E-state index in [0.29, 0.717) is 11.3 Å². The average molecular weight is 268 g/mol. The molecule has 1 aromatic carbocycles. The topological polar surface area (TPSA) is 83.1 Å². The molecule has 1 aromatic rings. The van der Waals surface area contributed by atoms with Crippen molar-refractivity contribution in [3.63, 3.8) is 0 Å². The normalized spacial score (nSPS) is 10.0. The highest BCUT2D eigenvalue weighted by Crippen LogP contribution is 2.21. The van der Waals surface area contributed by atoms with Gasteiger partial charge in [-0.15, -0.1) is 0 Å². The molecule has 0 heterocycles. The Morgan fingerprint density at radius 1 is 1.35 bits per heavy atom. The first-order valence-electron chi connectivity index (χ1n) is 5.71. The predicted octanol–water partition coefficient (Wildman–Crippen LogP) is 2.23. The summed E-state index contributed by atoms with van der Waals surface area (Å²) in [6, 6.07) is 10.4. The molecule has 0 aliphatic carbocycles. The standard InChI is InChI=1S/C15H12N2O3/c1-2-8-20-15(18)13(11-17)10-12-5-3-4-6-14(12)19-9-7-16/h2-6,10H,1,8-9H2/b13-10+. The minimum atomic E-state index is -0.734. The summed E-state index contributed by atoms with van der Waals surface area (Å²) in [4.78, 5) is 11.6. The Balaban J connectivity index is 3.01. The quantitative estimate of drug-likeness (QED) is 0.342. The van der Waals surface area contributed by atoms with Crippen LogP contribution in [0.1, 0.15) is 5.56 Å². The van der Waals surface area contributed by atoms with Gasteiger partial charge in [-0.05, 0) is 12.1 Å². The summed E-state index contributed by atoms with van der Waals surface area (Å²) in [7, 11) is 0. The van der Waals surface area contributed by atoms with Crippen molar-refractivity contribution in [1.29, 1.82) is 10.5 Å². The maximum Gasteiger partial charge on any atom is 0.349 e. The SMILES string of the molecule is C=CCOC(=O)/C(C#N)=C/c1ccccc1OCC#N. The van der Waals surface area contributed by atoms with Crippen LogP contribution in [0.5, 0.6) is 5.75 Å². The first kappa shape index (κ1) is 15.0. The lowest BCUT2D eigenvalue weighted by Gasteiger charge is -2.06. The fourth-order valence-electron chi connectivity index (χ4n) is 1.35. The Labute approximate surface area is 117 Å². The molecule has 0 saturated carbocycles. The molecule has 0 aliphatic heterocycles. The smallest absolute Gasteiger partial charge is 0.349 e. The molecule has 0 unspecified atom stereocenters. The van der Waals surface area contributed by atoms with Crippen molar-refractivity contribution in [2.24, 2.45) is 0 Å². The molecular weight excluding hydrogens is 256 g/mol. The molecule has 100 valence electrons. The van der Waals surface area contributed by atoms with Crippen molar-refractivity contribution >= 4 is 12.0 Å². The van der Waals surface area contributed by atoms with Gasteiger partial charge in [0.15, 0.2) is 6.61 Å². The summed E-state index contributed by atoms with van der Waals surface area (Å²) in [5.74, 6) is -0.319. The number of para-hydroxylation sites is 1. The van der Waals surface area contributed by atoms with Crippen LogP contribution < -0.4 is 4.74 Å². The fraction of sp³-hybridized carbons (Fsp3) is 0.133. The second kappa shape index (κ2) is 8.12. The van der Waals surface area contributed by atoms with Gasteiger partial charge in [0.05, 0.1) is 0 Å². The van der Waals surface area contributed by atoms with Crippen LogP contribution in [-0.2, 0) is 9.53 Å². The monoisotopic (exact) mass is 268 g/mol. The van der Waals surface area contributed by atoms with Crippen molar-refractivity contribution in [2.45, 2.75) is 0 Å². The zero-order valence-corrected chi connectivity index (χ0v) is 10.7. The van der Waals surface area contributed by atoms with E-state index in [9.17, 15) is 4.79 Å². The fourth-order valence-corrected chi connectivity index (χ4v) is 1.35. The maximum atomic E-state index is 11.6. The number of carbonyl (C=O) groups is 1. The van der Waals surface area contributed by atoms with Crippen LogP contribution in [0.25, 0.3) is 6.08 Å². The lowest BCUT2D eigenvalue weighted by molar-refractivity contribution is -0.137. The van der Waals surface area contributed by atoms with Gasteiger partial charge in [0.25, 0.3) is 0 Å². The summed E-state index contributed by atoms with van der Waals surface area (Å²) in [6.07, 6.45) is 2.77. The number of benzene rings is 1. The van der Waals surface area contributed by atoms with Crippen molar-refractivity contribution < 1.29 is 14.3 Å². The van der Waals surface area contributed by atoms with Crippen LogP contribution in [0.3, 0.4) is 0 Å². The molecule has 0 saturated heterocycles. The van der Waals surface area contributed by atoms with Gasteiger partial charge in [-0.2, -0.15) is 10.5 Å². The molecular formula is C15H12N2O3. The summed E-state index contributed by atoms with van der Waals surface area (Å²) in [5.41, 5.74) is 0.370. The van der Waals surface area contributed by atoms with E-state index in [0.717, 1.165) is 0 Å². The van der Waals surface area contributed by atoms with Gasteiger partial charge in [-0.25, -0.2) is 4.79 Å². The van der Waals surface area contributed by atoms with Crippen LogP contribution in [0, 0.1) is 22.7 Å². The number of rotatable bonds is 6. The minimum absolute atomic E-state index is 0.0322. The molecule has 5 nitrogen and oxygen atoms in total. The lowest BCUT2D eigenvalue weighted by Crippen LogP contribution is -2.06. The molecule has 0 fully saturated rings. The molecule has 1 rings (SSSR count). The molecule has 20 heavy (non-hydrogen) atoms. The zero-order chi connectivity index (χ0) is 14.8. The van der Waals surface area contributed by atoms with Crippen molar-refractivity contribution in [3.8, 4) is 17.9 Å². The van der Waals surface area contributed by atoms with Crippen molar-refractivity contribution in [3.05, 3.63) is 48.1 Å². The van der Waals surface area contributed by atoms with E-state index in [4.69, 9.17) is 20.0 Å². The van der Waals surface area contributed by atoms with Crippen LogP contribution in [-0.4, -0.2) is 19.2 Å². The third-order valence-electron chi connectivity index (χ3n) is 2.18. The summed E-state index contributed by atoms with van der Waals surface area (Å²) >= 11 is 0. The first-order valence-corrected chi connectivity index (χ1v) is 5.71. The Bertz CT molecular complexity index is 606. The van der Waals surface area contributed by atoms with E-state index in [1.807, 2.05) is 6.07 Å². The molecule has 5 heteroatoms. The predicted molar refractivity (Wildman–Crippen MR) is 72.3 cm³/mol. The third kappa shape index (κ3) is 4.32. The molecule has 0 spiro atoms. The molecule has 0 N–H and O–H groups in total. The van der Waals surface area contributed by atoms with Gasteiger partial charge in [0.1, 0.15) is 30.1 Å². The van der Waals surface area contributed by atoms with Crippen LogP contribution in [0.2, 0.25) is 0 Å². The number of carbonyl (C=O) groups excluding carboxylic acids is 1. The van der Waals surface area contributed by atoms with E-state index in [-0.39, 0.29) is 18.8 Å². The van der Waals surface area contributed by atoms with Gasteiger partial charge in [0, 0.05) is 5.56 Å². The van der Waals surface area contributed by atoms with Crippen LogP contribution >= 0.6 is 0 Å². The van der Waals surface area contributed by atoms with E-state index >= 15 is 0 Å². The zero-order valence-electron chi connectivity index (χ0n) is 10.7. The van der Waals surface area contributed by atoms with E-state index in [1.54, 1.807) is 30.3 Å². The maximum absolute atomic E-state index is 11.6. The summed E-state index contributed by atoms with van der Waals surface area (Å²) in [6.45, 7) is 3.33. The second-order valence-corrected chi connectivity index (χ2v) is 3.54. The van der Waals surface area contributed by atoms with E-state index < -0.39 is 5.97 Å². The van der Waals surface area contributed by atoms with Crippen LogP contribution in [0.4, 0.5) is 0 Å². The van der Waals surface area contributed by atoms with Crippen molar-refractivity contribution in [2.75, 3.05) is 13.2 Å². The Hall–Kier alpha value is -3.05. The third-order valence-corrected chi connectivity index (χ3v) is 2.18. The Kier molecular flexibility index (Phi) is 6.10. The molecule has 0 aromatic heterocycles. The highest BCUT2D eigenvalue weighted by Gasteiger charge is 2.11. The number of ether oxygens (including phenoxy) is 2. The molecule has 0 radical (unpaired) electrons. The van der Waals surface area contributed by atoms with E-state index in [2.05, 4.69) is 6.58 Å². The molecule has 0 bridgehead atoms. The molecule has 0 amide bonds. The van der Waals surface area contributed by atoms with E-state index in [1.165, 1.54) is 12.2 Å². The largest absolute Gasteiger partial charge is 0.478 e. The molecule has 0 atom stereocenters. The second-order valence-electron chi connectivity index (χ2n) is 3.54. The van der Waals surface area contributed by atoms with Crippen LogP contribution in [0.15, 0.2) is 42.5 Å². The highest BCUT2D eigenvalue weighted by atomic mass is 16.5. The van der Waals surface area contributed by atoms with Gasteiger partial charge in [-0.1, -0.05) is 30.9 Å². The number of hydrogen-bond donors (Lipinski definition) is 0. The number of hydrogen-bond acceptors (Lipinski definition) is 5. The number of esters is 1. The number of nitrogens with zero attached hydrogens (tertiary/aromatic N) is 2. The minimum Gasteiger partial charge on any atom is -0.478 e.